The number of aliphatic hydroxyl groups excluding tert-OH is 1. The van der Waals surface area contributed by atoms with Crippen molar-refractivity contribution in [3.05, 3.63) is 96.6 Å². The van der Waals surface area contributed by atoms with Gasteiger partial charge < -0.3 is 5.11 Å². The Labute approximate surface area is 161 Å². The Morgan fingerprint density at radius 2 is 1.12 bits per heavy atom. The number of aliphatic hydroxyl groups is 1. The minimum Gasteiger partial charge on any atom is -0.386 e. The molecule has 6 heteroatoms. The first-order valence-electron chi connectivity index (χ1n) is 8.03. The molecule has 3 rings (SSSR count). The van der Waals surface area contributed by atoms with Crippen molar-refractivity contribution in [3.8, 4) is 0 Å². The Hall–Kier alpha value is -2.15. The summed E-state index contributed by atoms with van der Waals surface area (Å²) in [4.78, 5) is 0. The van der Waals surface area contributed by atoms with Gasteiger partial charge in [-0.25, -0.2) is 12.7 Å². The van der Waals surface area contributed by atoms with Crippen LogP contribution in [0.4, 0.5) is 11.4 Å². The zero-order valence-corrected chi connectivity index (χ0v) is 16.2. The first-order chi connectivity index (χ1) is 12.5. The summed E-state index contributed by atoms with van der Waals surface area (Å²) >= 11 is 3.22. The van der Waals surface area contributed by atoms with Gasteiger partial charge >= 0.3 is 0 Å². The third kappa shape index (κ3) is 3.82. The normalized spacial score (nSPS) is 13.8. The van der Waals surface area contributed by atoms with E-state index in [-0.39, 0.29) is 0 Å². The van der Waals surface area contributed by atoms with Crippen LogP contribution in [-0.2, 0) is 10.0 Å². The number of sulfonamides is 1. The molecule has 0 bridgehead atoms. The van der Waals surface area contributed by atoms with Crippen LogP contribution in [0.1, 0.15) is 11.7 Å². The number of hydrogen-bond acceptors (Lipinski definition) is 3. The van der Waals surface area contributed by atoms with Crippen molar-refractivity contribution >= 4 is 37.3 Å². The van der Waals surface area contributed by atoms with Gasteiger partial charge in [0.2, 0.25) is 0 Å². The molecular formula is C20H18BrNO3S. The molecule has 0 radical (unpaired) electrons. The molecule has 2 atom stereocenters. The average molecular weight is 432 g/mol. The third-order valence-corrected chi connectivity index (χ3v) is 7.59. The summed E-state index contributed by atoms with van der Waals surface area (Å²) in [7, 11) is -3.95. The molecule has 3 aromatic carbocycles. The first kappa shape index (κ1) is 18.6. The van der Waals surface area contributed by atoms with E-state index in [2.05, 4.69) is 15.9 Å². The van der Waals surface area contributed by atoms with E-state index in [9.17, 15) is 13.5 Å². The lowest BCUT2D eigenvalue weighted by molar-refractivity contribution is 0.195. The van der Waals surface area contributed by atoms with Crippen molar-refractivity contribution in [2.75, 3.05) is 4.31 Å². The zero-order valence-electron chi connectivity index (χ0n) is 13.8. The highest BCUT2D eigenvalue weighted by molar-refractivity contribution is 9.11. The third-order valence-electron chi connectivity index (χ3n) is 3.91. The van der Waals surface area contributed by atoms with E-state index in [1.54, 1.807) is 72.8 Å². The topological polar surface area (TPSA) is 57.6 Å². The van der Waals surface area contributed by atoms with Crippen molar-refractivity contribution in [1.82, 2.24) is 0 Å². The summed E-state index contributed by atoms with van der Waals surface area (Å²) in [5, 5.41) is 10.6. The Morgan fingerprint density at radius 1 is 0.731 bits per heavy atom. The van der Waals surface area contributed by atoms with Crippen LogP contribution in [0.2, 0.25) is 0 Å². The molecule has 0 heterocycles. The van der Waals surface area contributed by atoms with E-state index < -0.39 is 20.3 Å². The zero-order chi connectivity index (χ0) is 18.6. The van der Waals surface area contributed by atoms with Crippen LogP contribution in [0.25, 0.3) is 0 Å². The molecule has 4 nitrogen and oxygen atoms in total. The molecule has 0 amide bonds. The minimum atomic E-state index is -3.95. The number of para-hydroxylation sites is 2. The molecule has 134 valence electrons. The molecule has 0 aliphatic heterocycles. The number of rotatable bonds is 6. The second kappa shape index (κ2) is 8.03. The maximum atomic E-state index is 13.4. The van der Waals surface area contributed by atoms with Gasteiger partial charge in [-0.3, -0.25) is 0 Å². The van der Waals surface area contributed by atoms with E-state index in [0.29, 0.717) is 16.9 Å². The van der Waals surface area contributed by atoms with Crippen LogP contribution >= 0.6 is 15.9 Å². The van der Waals surface area contributed by atoms with Crippen LogP contribution < -0.4 is 4.31 Å². The fourth-order valence-electron chi connectivity index (χ4n) is 2.63. The van der Waals surface area contributed by atoms with E-state index >= 15 is 0 Å². The van der Waals surface area contributed by atoms with Crippen LogP contribution in [0.3, 0.4) is 0 Å². The monoisotopic (exact) mass is 431 g/mol. The van der Waals surface area contributed by atoms with Gasteiger partial charge in [-0.05, 0) is 29.8 Å². The summed E-state index contributed by atoms with van der Waals surface area (Å²) in [6.45, 7) is 0. The van der Waals surface area contributed by atoms with Gasteiger partial charge in [0.1, 0.15) is 6.10 Å². The summed E-state index contributed by atoms with van der Waals surface area (Å²) in [5.41, 5.74) is 1.53. The van der Waals surface area contributed by atoms with Gasteiger partial charge in [0.25, 0.3) is 10.0 Å². The fraction of sp³-hybridized carbons (Fsp3) is 0.100. The first-order valence-corrected chi connectivity index (χ1v) is 10.4. The Balaban J connectivity index is 2.05. The van der Waals surface area contributed by atoms with Gasteiger partial charge in [0, 0.05) is 0 Å². The number of anilines is 2. The van der Waals surface area contributed by atoms with Crippen LogP contribution in [0.5, 0.6) is 0 Å². The number of hydrogen-bond donors (Lipinski definition) is 1. The highest BCUT2D eigenvalue weighted by atomic mass is 79.9. The Bertz CT molecular complexity index is 895. The molecule has 0 saturated heterocycles. The van der Waals surface area contributed by atoms with Crippen molar-refractivity contribution in [1.29, 1.82) is 0 Å². The van der Waals surface area contributed by atoms with Gasteiger partial charge in [-0.15, -0.1) is 0 Å². The van der Waals surface area contributed by atoms with Crippen LogP contribution in [0, 0.1) is 0 Å². The number of alkyl halides is 1. The summed E-state index contributed by atoms with van der Waals surface area (Å²) in [5.74, 6) is 0. The minimum absolute atomic E-state index is 0.503. The largest absolute Gasteiger partial charge is 0.386 e. The standard InChI is InChI=1S/C20H18BrNO3S/c21-20(19(23)16-10-4-1-5-11-16)26(24,25)22(17-12-6-2-7-13-17)18-14-8-3-9-15-18/h1-15,19-20,23H/t19-,20-/m1/s1. The van der Waals surface area contributed by atoms with E-state index in [0.717, 1.165) is 0 Å². The maximum Gasteiger partial charge on any atom is 0.255 e. The van der Waals surface area contributed by atoms with Gasteiger partial charge in [-0.1, -0.05) is 82.7 Å². The molecule has 0 aliphatic rings. The molecule has 0 spiro atoms. The fourth-order valence-corrected chi connectivity index (χ4v) is 4.96. The molecule has 0 fully saturated rings. The lowest BCUT2D eigenvalue weighted by Gasteiger charge is -2.29. The van der Waals surface area contributed by atoms with Crippen LogP contribution in [0.15, 0.2) is 91.0 Å². The molecule has 0 aromatic heterocycles. The quantitative estimate of drug-likeness (QED) is 0.579. The van der Waals surface area contributed by atoms with Crippen molar-refractivity contribution < 1.29 is 13.5 Å². The lowest BCUT2D eigenvalue weighted by Crippen LogP contribution is -2.36. The molecule has 0 aliphatic carbocycles. The number of nitrogens with zero attached hydrogens (tertiary/aromatic N) is 1. The predicted octanol–water partition coefficient (Wildman–Crippen LogP) is 4.61. The average Bonchev–Trinajstić information content (AvgIpc) is 2.69. The lowest BCUT2D eigenvalue weighted by atomic mass is 10.1. The molecular weight excluding hydrogens is 414 g/mol. The highest BCUT2D eigenvalue weighted by Gasteiger charge is 2.37. The van der Waals surface area contributed by atoms with E-state index in [1.165, 1.54) is 4.31 Å². The summed E-state index contributed by atoms with van der Waals surface area (Å²) in [6, 6.07) is 26.4. The maximum absolute atomic E-state index is 13.4. The number of benzene rings is 3. The SMILES string of the molecule is O=S(=O)([C@@H](Br)[C@H](O)c1ccccc1)N(c1ccccc1)c1ccccc1. The molecule has 0 saturated carbocycles. The van der Waals surface area contributed by atoms with E-state index in [1.807, 2.05) is 18.2 Å². The van der Waals surface area contributed by atoms with Crippen molar-refractivity contribution in [2.24, 2.45) is 0 Å². The Kier molecular flexibility index (Phi) is 5.76. The molecule has 26 heavy (non-hydrogen) atoms. The summed E-state index contributed by atoms with van der Waals surface area (Å²) in [6.07, 6.45) is -1.21. The Morgan fingerprint density at radius 3 is 1.54 bits per heavy atom. The van der Waals surface area contributed by atoms with Crippen LogP contribution in [-0.4, -0.2) is 17.7 Å². The van der Waals surface area contributed by atoms with Gasteiger partial charge in [0.05, 0.1) is 11.4 Å². The van der Waals surface area contributed by atoms with Crippen molar-refractivity contribution in [3.63, 3.8) is 0 Å². The molecule has 0 unspecified atom stereocenters. The predicted molar refractivity (Wildman–Crippen MR) is 108 cm³/mol. The van der Waals surface area contributed by atoms with Gasteiger partial charge in [-0.2, -0.15) is 0 Å². The second-order valence-electron chi connectivity index (χ2n) is 5.69. The molecule has 3 aromatic rings. The van der Waals surface area contributed by atoms with Crippen molar-refractivity contribution in [2.45, 2.75) is 10.3 Å². The second-order valence-corrected chi connectivity index (χ2v) is 9.18. The van der Waals surface area contributed by atoms with E-state index in [4.69, 9.17) is 0 Å². The smallest absolute Gasteiger partial charge is 0.255 e. The highest BCUT2D eigenvalue weighted by Crippen LogP contribution is 2.36. The number of halogens is 1. The molecule has 1 N–H and O–H groups in total. The summed E-state index contributed by atoms with van der Waals surface area (Å²) < 4.78 is 26.8. The van der Waals surface area contributed by atoms with Gasteiger partial charge in [0.15, 0.2) is 4.16 Å².